The summed E-state index contributed by atoms with van der Waals surface area (Å²) < 4.78 is 0. The van der Waals surface area contributed by atoms with Gasteiger partial charge in [0.15, 0.2) is 0 Å². The van der Waals surface area contributed by atoms with Crippen molar-refractivity contribution in [3.63, 3.8) is 0 Å². The Morgan fingerprint density at radius 2 is 1.79 bits per heavy atom. The van der Waals surface area contributed by atoms with Crippen molar-refractivity contribution in [2.45, 2.75) is 50.2 Å². The Morgan fingerprint density at radius 3 is 2.62 bits per heavy atom. The molecule has 0 bridgehead atoms. The normalized spacial score (nSPS) is 25.8. The van der Waals surface area contributed by atoms with Crippen molar-refractivity contribution in [2.24, 2.45) is 4.99 Å². The van der Waals surface area contributed by atoms with E-state index >= 15 is 0 Å². The molecule has 1 saturated heterocycles. The molecule has 3 aliphatic rings. The Labute approximate surface area is 172 Å². The highest BCUT2D eigenvalue weighted by molar-refractivity contribution is 6.05. The molecule has 2 aromatic carbocycles. The molecular formula is C24H28N4O. The van der Waals surface area contributed by atoms with E-state index in [4.69, 9.17) is 4.99 Å². The minimum Gasteiger partial charge on any atom is -0.342 e. The predicted molar refractivity (Wildman–Crippen MR) is 116 cm³/mol. The first-order valence-electron chi connectivity index (χ1n) is 10.8. The van der Waals surface area contributed by atoms with Crippen LogP contribution in [-0.2, 0) is 6.54 Å². The maximum absolute atomic E-state index is 13.1. The number of carbonyl (C=O) groups is 1. The van der Waals surface area contributed by atoms with Gasteiger partial charge in [0.25, 0.3) is 5.91 Å². The van der Waals surface area contributed by atoms with E-state index in [-0.39, 0.29) is 11.4 Å². The topological polar surface area (TPSA) is 56.7 Å². The molecule has 150 valence electrons. The Hall–Kier alpha value is -2.66. The number of amidine groups is 1. The van der Waals surface area contributed by atoms with E-state index in [1.165, 1.54) is 18.4 Å². The van der Waals surface area contributed by atoms with Gasteiger partial charge in [-0.3, -0.25) is 15.1 Å². The predicted octanol–water partition coefficient (Wildman–Crippen LogP) is 3.83. The van der Waals surface area contributed by atoms with Crippen LogP contribution in [0.15, 0.2) is 59.6 Å². The van der Waals surface area contributed by atoms with Crippen molar-refractivity contribution in [3.05, 3.63) is 65.7 Å². The summed E-state index contributed by atoms with van der Waals surface area (Å²) in [6.45, 7) is 2.16. The number of anilines is 1. The molecule has 29 heavy (non-hydrogen) atoms. The zero-order valence-corrected chi connectivity index (χ0v) is 16.7. The van der Waals surface area contributed by atoms with Gasteiger partial charge in [-0.25, -0.2) is 0 Å². The molecule has 0 radical (unpaired) electrons. The van der Waals surface area contributed by atoms with Gasteiger partial charge in [0.05, 0.1) is 11.6 Å². The average Bonchev–Trinajstić information content (AvgIpc) is 3.40. The molecule has 5 rings (SSSR count). The molecule has 5 nitrogen and oxygen atoms in total. The number of hydrogen-bond acceptors (Lipinski definition) is 3. The van der Waals surface area contributed by atoms with Gasteiger partial charge >= 0.3 is 0 Å². The fraction of sp³-hybridized carbons (Fsp3) is 0.417. The molecule has 2 aromatic rings. The lowest BCUT2D eigenvalue weighted by Crippen LogP contribution is -2.55. The van der Waals surface area contributed by atoms with Crippen LogP contribution in [0.2, 0.25) is 0 Å². The van der Waals surface area contributed by atoms with Crippen LogP contribution in [0.1, 0.15) is 48.0 Å². The number of aliphatic imine (C=N–C) groups is 1. The fourth-order valence-electron chi connectivity index (χ4n) is 4.85. The summed E-state index contributed by atoms with van der Waals surface area (Å²) in [6.07, 6.45) is 5.72. The van der Waals surface area contributed by atoms with Crippen LogP contribution < -0.4 is 10.6 Å². The van der Waals surface area contributed by atoms with Crippen molar-refractivity contribution in [3.8, 4) is 0 Å². The number of para-hydroxylation sites is 1. The second-order valence-corrected chi connectivity index (χ2v) is 8.48. The number of likely N-dealkylation sites (tertiary alicyclic amines) is 1. The van der Waals surface area contributed by atoms with Crippen molar-refractivity contribution < 1.29 is 4.79 Å². The van der Waals surface area contributed by atoms with Crippen molar-refractivity contribution in [1.82, 2.24) is 10.2 Å². The van der Waals surface area contributed by atoms with Gasteiger partial charge in [-0.1, -0.05) is 49.2 Å². The third-order valence-electron chi connectivity index (χ3n) is 6.55. The lowest BCUT2D eigenvalue weighted by Gasteiger charge is -2.31. The molecule has 1 unspecified atom stereocenters. The van der Waals surface area contributed by atoms with Crippen LogP contribution in [0, 0.1) is 0 Å². The maximum atomic E-state index is 13.1. The average molecular weight is 389 g/mol. The summed E-state index contributed by atoms with van der Waals surface area (Å²) in [4.78, 5) is 20.2. The molecule has 1 amide bonds. The number of amides is 1. The molecule has 1 aliphatic carbocycles. The van der Waals surface area contributed by atoms with Gasteiger partial charge in [-0.05, 0) is 43.0 Å². The first kappa shape index (κ1) is 18.4. The highest BCUT2D eigenvalue weighted by Crippen LogP contribution is 2.32. The van der Waals surface area contributed by atoms with Crippen LogP contribution in [-0.4, -0.2) is 41.3 Å². The molecule has 1 saturated carbocycles. The van der Waals surface area contributed by atoms with Crippen LogP contribution >= 0.6 is 0 Å². The van der Waals surface area contributed by atoms with Crippen LogP contribution in [0.4, 0.5) is 5.69 Å². The monoisotopic (exact) mass is 388 g/mol. The first-order chi connectivity index (χ1) is 14.2. The molecule has 2 N–H and O–H groups in total. The number of carbonyl (C=O) groups excluding carboxylic acids is 1. The molecule has 2 fully saturated rings. The second-order valence-electron chi connectivity index (χ2n) is 8.48. The summed E-state index contributed by atoms with van der Waals surface area (Å²) >= 11 is 0. The molecule has 0 aromatic heterocycles. The van der Waals surface area contributed by atoms with Gasteiger partial charge in [-0.2, -0.15) is 0 Å². The van der Waals surface area contributed by atoms with Gasteiger partial charge in [0.1, 0.15) is 5.84 Å². The third-order valence-corrected chi connectivity index (χ3v) is 6.55. The Morgan fingerprint density at radius 1 is 1.03 bits per heavy atom. The van der Waals surface area contributed by atoms with Crippen molar-refractivity contribution >= 4 is 17.4 Å². The largest absolute Gasteiger partial charge is 0.342 e. The summed E-state index contributed by atoms with van der Waals surface area (Å²) in [7, 11) is 0. The quantitative estimate of drug-likeness (QED) is 0.822. The van der Waals surface area contributed by atoms with Crippen LogP contribution in [0.5, 0.6) is 0 Å². The number of fused-ring (bicyclic) bond motifs is 1. The molecule has 2 aliphatic heterocycles. The summed E-state index contributed by atoms with van der Waals surface area (Å²) in [5.41, 5.74) is 2.81. The lowest BCUT2D eigenvalue weighted by molar-refractivity contribution is 0.0786. The van der Waals surface area contributed by atoms with Crippen molar-refractivity contribution in [2.75, 3.05) is 18.4 Å². The first-order valence-corrected chi connectivity index (χ1v) is 10.8. The minimum atomic E-state index is -0.313. The fourth-order valence-corrected chi connectivity index (χ4v) is 4.85. The van der Waals surface area contributed by atoms with E-state index in [0.717, 1.165) is 49.4 Å². The van der Waals surface area contributed by atoms with E-state index in [1.54, 1.807) is 0 Å². The van der Waals surface area contributed by atoms with E-state index in [0.29, 0.717) is 12.6 Å². The number of nitrogens with zero attached hydrogens (tertiary/aromatic N) is 2. The van der Waals surface area contributed by atoms with Crippen LogP contribution in [0.25, 0.3) is 0 Å². The number of rotatable bonds is 2. The molecule has 5 heteroatoms. The summed E-state index contributed by atoms with van der Waals surface area (Å²) in [6, 6.07) is 18.4. The SMILES string of the molecule is O=C(c1ccccc1)N1CCC2(C1)NCc1ccccc1NC2=NC1CCCC1. The third kappa shape index (κ3) is 3.55. The smallest absolute Gasteiger partial charge is 0.253 e. The van der Waals surface area contributed by atoms with E-state index in [1.807, 2.05) is 35.2 Å². The van der Waals surface area contributed by atoms with Gasteiger partial charge < -0.3 is 10.2 Å². The Balaban J connectivity index is 1.46. The number of hydrogen-bond donors (Lipinski definition) is 2. The highest BCUT2D eigenvalue weighted by atomic mass is 16.2. The number of benzene rings is 2. The maximum Gasteiger partial charge on any atom is 0.253 e. The van der Waals surface area contributed by atoms with E-state index in [2.05, 4.69) is 34.9 Å². The zero-order chi connectivity index (χ0) is 19.7. The standard InChI is InChI=1S/C24H28N4O/c29-22(18-8-2-1-3-9-18)28-15-14-24(17-28)23(26-20-11-5-6-12-20)27-21-13-7-4-10-19(21)16-25-24/h1-4,7-10,13,20,25H,5-6,11-12,14-17H2,(H,26,27). The molecule has 1 atom stereocenters. The number of nitrogens with one attached hydrogen (secondary N) is 2. The highest BCUT2D eigenvalue weighted by Gasteiger charge is 2.45. The Bertz CT molecular complexity index is 919. The summed E-state index contributed by atoms with van der Waals surface area (Å²) in [5.74, 6) is 1.11. The molecule has 1 spiro atoms. The van der Waals surface area contributed by atoms with E-state index < -0.39 is 0 Å². The second kappa shape index (κ2) is 7.64. The molecule has 2 heterocycles. The van der Waals surface area contributed by atoms with Gasteiger partial charge in [0.2, 0.25) is 0 Å². The molecular weight excluding hydrogens is 360 g/mol. The van der Waals surface area contributed by atoms with Gasteiger partial charge in [-0.15, -0.1) is 0 Å². The lowest BCUT2D eigenvalue weighted by atomic mass is 9.96. The van der Waals surface area contributed by atoms with Gasteiger partial charge in [0, 0.05) is 30.9 Å². The summed E-state index contributed by atoms with van der Waals surface area (Å²) in [5, 5.41) is 7.45. The Kier molecular flexibility index (Phi) is 4.84. The van der Waals surface area contributed by atoms with E-state index in [9.17, 15) is 4.79 Å². The minimum absolute atomic E-state index is 0.103. The van der Waals surface area contributed by atoms with Crippen LogP contribution in [0.3, 0.4) is 0 Å². The van der Waals surface area contributed by atoms with Crippen molar-refractivity contribution in [1.29, 1.82) is 0 Å². The zero-order valence-electron chi connectivity index (χ0n) is 16.7.